The average Bonchev–Trinajstić information content (AvgIpc) is 2.68. The highest BCUT2D eigenvalue weighted by atomic mass is 32.2. The molecule has 17 heavy (non-hydrogen) atoms. The van der Waals surface area contributed by atoms with Crippen LogP contribution in [0.1, 0.15) is 20.3 Å². The Morgan fingerprint density at radius 3 is 2.71 bits per heavy atom. The van der Waals surface area contributed by atoms with Gasteiger partial charge in [0.05, 0.1) is 6.10 Å². The molecule has 0 spiro atoms. The quantitative estimate of drug-likeness (QED) is 0.642. The molecule has 0 aliphatic carbocycles. The highest BCUT2D eigenvalue weighted by molar-refractivity contribution is 7.89. The van der Waals surface area contributed by atoms with Crippen molar-refractivity contribution >= 4 is 15.8 Å². The molecular formula is C9H18N4O3S. The molecule has 1 unspecified atom stereocenters. The van der Waals surface area contributed by atoms with Gasteiger partial charge in [0, 0.05) is 19.3 Å². The number of aliphatic hydroxyl groups excluding tert-OH is 1. The zero-order valence-electron chi connectivity index (χ0n) is 9.92. The predicted molar refractivity (Wildman–Crippen MR) is 63.8 cm³/mol. The molecule has 0 radical (unpaired) electrons. The molecule has 1 heterocycles. The summed E-state index contributed by atoms with van der Waals surface area (Å²) in [6.07, 6.45) is 1.15. The summed E-state index contributed by atoms with van der Waals surface area (Å²) >= 11 is 0. The topological polar surface area (TPSA) is 110 Å². The molecule has 7 nitrogen and oxygen atoms in total. The Hall–Kier alpha value is -1.12. The van der Waals surface area contributed by atoms with Crippen LogP contribution < -0.4 is 10.5 Å². The van der Waals surface area contributed by atoms with Crippen LogP contribution in [-0.2, 0) is 16.6 Å². The largest absolute Gasteiger partial charge is 0.392 e. The monoisotopic (exact) mass is 262 g/mol. The summed E-state index contributed by atoms with van der Waals surface area (Å²) in [5, 5.41) is 13.2. The number of aliphatic hydroxyl groups is 1. The minimum atomic E-state index is -3.70. The number of hydrogen-bond acceptors (Lipinski definition) is 5. The minimum absolute atomic E-state index is 0.0322. The molecule has 8 heteroatoms. The highest BCUT2D eigenvalue weighted by Gasteiger charge is 2.21. The van der Waals surface area contributed by atoms with Gasteiger partial charge in [0.15, 0.2) is 5.82 Å². The van der Waals surface area contributed by atoms with Gasteiger partial charge in [-0.15, -0.1) is 0 Å². The van der Waals surface area contributed by atoms with Crippen molar-refractivity contribution in [3.63, 3.8) is 0 Å². The number of nitrogens with zero attached hydrogens (tertiary/aromatic N) is 2. The molecule has 0 saturated heterocycles. The van der Waals surface area contributed by atoms with Crippen molar-refractivity contribution in [2.45, 2.75) is 37.8 Å². The van der Waals surface area contributed by atoms with Crippen molar-refractivity contribution in [1.82, 2.24) is 14.5 Å². The molecule has 0 saturated carbocycles. The third kappa shape index (κ3) is 3.42. The van der Waals surface area contributed by atoms with E-state index in [0.29, 0.717) is 13.0 Å². The average molecular weight is 262 g/mol. The molecule has 0 aliphatic rings. The van der Waals surface area contributed by atoms with Crippen LogP contribution in [0.25, 0.3) is 0 Å². The molecule has 1 aromatic heterocycles. The number of aryl methyl sites for hydroxylation is 1. The Morgan fingerprint density at radius 1 is 1.59 bits per heavy atom. The number of nitrogens with one attached hydrogen (secondary N) is 1. The van der Waals surface area contributed by atoms with Gasteiger partial charge in [-0.05, 0) is 13.3 Å². The highest BCUT2D eigenvalue weighted by Crippen LogP contribution is 2.15. The summed E-state index contributed by atoms with van der Waals surface area (Å²) in [5.41, 5.74) is 5.53. The van der Waals surface area contributed by atoms with E-state index in [-0.39, 0.29) is 17.3 Å². The first-order valence-electron chi connectivity index (χ1n) is 5.41. The van der Waals surface area contributed by atoms with Crippen LogP contribution in [0, 0.1) is 0 Å². The first kappa shape index (κ1) is 13.9. The van der Waals surface area contributed by atoms with Crippen LogP contribution in [0.4, 0.5) is 5.82 Å². The fourth-order valence-electron chi connectivity index (χ4n) is 1.22. The zero-order valence-corrected chi connectivity index (χ0v) is 10.7. The minimum Gasteiger partial charge on any atom is -0.392 e. The van der Waals surface area contributed by atoms with Gasteiger partial charge in [0.2, 0.25) is 10.0 Å². The van der Waals surface area contributed by atoms with Crippen molar-refractivity contribution in [2.75, 3.05) is 12.3 Å². The number of sulfonamides is 1. The fourth-order valence-corrected chi connectivity index (χ4v) is 2.36. The van der Waals surface area contributed by atoms with Gasteiger partial charge >= 0.3 is 0 Å². The lowest BCUT2D eigenvalue weighted by Gasteiger charge is -2.09. The summed E-state index contributed by atoms with van der Waals surface area (Å²) < 4.78 is 27.4. The second-order valence-corrected chi connectivity index (χ2v) is 5.38. The van der Waals surface area contributed by atoms with Crippen LogP contribution in [0.2, 0.25) is 0 Å². The molecule has 1 atom stereocenters. The van der Waals surface area contributed by atoms with Gasteiger partial charge in [-0.2, -0.15) is 5.10 Å². The van der Waals surface area contributed by atoms with Gasteiger partial charge in [-0.25, -0.2) is 13.1 Å². The Morgan fingerprint density at radius 2 is 2.24 bits per heavy atom. The third-order valence-electron chi connectivity index (χ3n) is 2.35. The normalized spacial score (nSPS) is 13.8. The van der Waals surface area contributed by atoms with Crippen molar-refractivity contribution in [3.05, 3.63) is 6.20 Å². The fraction of sp³-hybridized carbons (Fsp3) is 0.667. The van der Waals surface area contributed by atoms with E-state index in [1.807, 2.05) is 6.92 Å². The van der Waals surface area contributed by atoms with Crippen LogP contribution >= 0.6 is 0 Å². The summed E-state index contributed by atoms with van der Waals surface area (Å²) in [6, 6.07) is 0. The second-order valence-electron chi connectivity index (χ2n) is 3.65. The second kappa shape index (κ2) is 5.48. The van der Waals surface area contributed by atoms with Crippen LogP contribution in [0.5, 0.6) is 0 Å². The lowest BCUT2D eigenvalue weighted by atomic mass is 10.3. The van der Waals surface area contributed by atoms with E-state index in [2.05, 4.69) is 9.82 Å². The van der Waals surface area contributed by atoms with Crippen molar-refractivity contribution in [3.8, 4) is 0 Å². The van der Waals surface area contributed by atoms with Crippen molar-refractivity contribution in [1.29, 1.82) is 0 Å². The molecule has 0 bridgehead atoms. The summed E-state index contributed by atoms with van der Waals surface area (Å²) in [5.74, 6) is -0.0367. The molecule has 0 aromatic carbocycles. The van der Waals surface area contributed by atoms with E-state index in [1.165, 1.54) is 10.9 Å². The van der Waals surface area contributed by atoms with E-state index in [4.69, 9.17) is 5.73 Å². The SMILES string of the molecule is CCC(O)CNS(=O)(=O)c1cn(CC)nc1N. The number of aromatic nitrogens is 2. The van der Waals surface area contributed by atoms with Gasteiger partial charge in [0.25, 0.3) is 0 Å². The number of anilines is 1. The molecular weight excluding hydrogens is 244 g/mol. The number of hydrogen-bond donors (Lipinski definition) is 3. The van der Waals surface area contributed by atoms with Crippen LogP contribution in [-0.4, -0.2) is 36.0 Å². The van der Waals surface area contributed by atoms with Gasteiger partial charge in [0.1, 0.15) is 4.90 Å². The van der Waals surface area contributed by atoms with E-state index in [0.717, 1.165) is 0 Å². The molecule has 98 valence electrons. The number of nitrogens with two attached hydrogens (primary N) is 1. The molecule has 0 aliphatic heterocycles. The Kier molecular flexibility index (Phi) is 4.49. The van der Waals surface area contributed by atoms with Crippen LogP contribution in [0.3, 0.4) is 0 Å². The summed E-state index contributed by atoms with van der Waals surface area (Å²) in [7, 11) is -3.70. The van der Waals surface area contributed by atoms with Crippen molar-refractivity contribution < 1.29 is 13.5 Å². The first-order chi connectivity index (χ1) is 7.90. The predicted octanol–water partition coefficient (Wildman–Crippen LogP) is -0.466. The lowest BCUT2D eigenvalue weighted by molar-refractivity contribution is 0.174. The maximum atomic E-state index is 11.8. The van der Waals surface area contributed by atoms with Crippen LogP contribution in [0.15, 0.2) is 11.1 Å². The number of nitrogen functional groups attached to an aromatic ring is 1. The van der Waals surface area contributed by atoms with E-state index in [9.17, 15) is 13.5 Å². The van der Waals surface area contributed by atoms with E-state index in [1.54, 1.807) is 6.92 Å². The van der Waals surface area contributed by atoms with Gasteiger partial charge < -0.3 is 10.8 Å². The Bertz CT molecular complexity index is 469. The summed E-state index contributed by atoms with van der Waals surface area (Å²) in [4.78, 5) is -0.0531. The van der Waals surface area contributed by atoms with Crippen molar-refractivity contribution in [2.24, 2.45) is 0 Å². The molecule has 0 amide bonds. The maximum absolute atomic E-state index is 11.8. The molecule has 4 N–H and O–H groups in total. The Balaban J connectivity index is 2.85. The zero-order chi connectivity index (χ0) is 13.1. The van der Waals surface area contributed by atoms with Gasteiger partial charge in [-0.3, -0.25) is 4.68 Å². The maximum Gasteiger partial charge on any atom is 0.245 e. The summed E-state index contributed by atoms with van der Waals surface area (Å²) in [6.45, 7) is 4.10. The molecule has 0 fully saturated rings. The standard InChI is InChI=1S/C9H18N4O3S/c1-3-7(14)5-11-17(15,16)8-6-13(4-2)12-9(8)10/h6-7,11,14H,3-5H2,1-2H3,(H2,10,12). The lowest BCUT2D eigenvalue weighted by Crippen LogP contribution is -2.32. The van der Waals surface area contributed by atoms with E-state index < -0.39 is 16.1 Å². The third-order valence-corrected chi connectivity index (χ3v) is 3.79. The smallest absolute Gasteiger partial charge is 0.245 e. The first-order valence-corrected chi connectivity index (χ1v) is 6.89. The number of rotatable bonds is 6. The molecule has 1 rings (SSSR count). The Labute approximate surface area is 101 Å². The van der Waals surface area contributed by atoms with E-state index >= 15 is 0 Å². The van der Waals surface area contributed by atoms with Gasteiger partial charge in [-0.1, -0.05) is 6.92 Å². The molecule has 1 aromatic rings.